The molecule has 3 aromatic heterocycles. The first-order chi connectivity index (χ1) is 21.5. The number of anilines is 3. The number of amides is 2. The Labute approximate surface area is 260 Å². The minimum absolute atomic E-state index is 0.00762. The van der Waals surface area contributed by atoms with Crippen LogP contribution < -0.4 is 30.6 Å². The number of nitrogens with one attached hydrogen (secondary N) is 2. The van der Waals surface area contributed by atoms with E-state index < -0.39 is 17.8 Å². The van der Waals surface area contributed by atoms with E-state index >= 15 is 0 Å². The topological polar surface area (TPSA) is 177 Å². The van der Waals surface area contributed by atoms with Gasteiger partial charge in [-0.15, -0.1) is 0 Å². The van der Waals surface area contributed by atoms with E-state index in [4.69, 9.17) is 24.7 Å². The van der Waals surface area contributed by atoms with E-state index in [0.29, 0.717) is 5.69 Å². The van der Waals surface area contributed by atoms with E-state index in [9.17, 15) is 14.4 Å². The van der Waals surface area contributed by atoms with Gasteiger partial charge in [-0.05, 0) is 69.7 Å². The summed E-state index contributed by atoms with van der Waals surface area (Å²) in [5, 5.41) is 5.45. The van der Waals surface area contributed by atoms with Crippen LogP contribution in [-0.2, 0) is 11.3 Å². The van der Waals surface area contributed by atoms with Crippen molar-refractivity contribution in [3.63, 3.8) is 0 Å². The number of benzene rings is 1. The lowest BCUT2D eigenvalue weighted by molar-refractivity contribution is 0.0592. The number of carbonyl (C=O) groups is 3. The number of esters is 1. The number of hydrogen-bond donors (Lipinski definition) is 3. The van der Waals surface area contributed by atoms with Crippen LogP contribution in [0.15, 0.2) is 66.7 Å². The normalized spacial score (nSPS) is 10.7. The summed E-state index contributed by atoms with van der Waals surface area (Å²) in [6, 6.07) is 18.1. The molecule has 1 aromatic carbocycles. The molecule has 0 radical (unpaired) electrons. The molecule has 234 valence electrons. The van der Waals surface area contributed by atoms with Crippen LogP contribution in [0.4, 0.5) is 17.1 Å². The van der Waals surface area contributed by atoms with Gasteiger partial charge in [0.05, 0.1) is 25.0 Å². The summed E-state index contributed by atoms with van der Waals surface area (Å²) in [7, 11) is 1.24. The van der Waals surface area contributed by atoms with Gasteiger partial charge < -0.3 is 35.3 Å². The number of nitrogen functional groups attached to an aromatic ring is 1. The zero-order valence-electron chi connectivity index (χ0n) is 25.5. The molecular weight excluding hydrogens is 580 g/mol. The Morgan fingerprint density at radius 2 is 1.20 bits per heavy atom. The Morgan fingerprint density at radius 3 is 1.80 bits per heavy atom. The van der Waals surface area contributed by atoms with E-state index in [-0.39, 0.29) is 64.9 Å². The highest BCUT2D eigenvalue weighted by Crippen LogP contribution is 2.28. The van der Waals surface area contributed by atoms with Gasteiger partial charge >= 0.3 is 5.97 Å². The van der Waals surface area contributed by atoms with Gasteiger partial charge in [0.2, 0.25) is 17.6 Å². The van der Waals surface area contributed by atoms with Crippen molar-refractivity contribution in [2.45, 2.75) is 46.5 Å². The highest BCUT2D eigenvalue weighted by molar-refractivity contribution is 6.06. The van der Waals surface area contributed by atoms with Gasteiger partial charge in [-0.25, -0.2) is 19.7 Å². The molecule has 4 N–H and O–H groups in total. The maximum atomic E-state index is 13.3. The maximum absolute atomic E-state index is 13.3. The second kappa shape index (κ2) is 14.6. The van der Waals surface area contributed by atoms with Crippen molar-refractivity contribution in [1.82, 2.24) is 15.0 Å². The molecule has 4 aromatic rings. The molecule has 0 fully saturated rings. The second-order valence-electron chi connectivity index (χ2n) is 10.2. The highest BCUT2D eigenvalue weighted by atomic mass is 16.5. The van der Waals surface area contributed by atoms with E-state index in [2.05, 4.69) is 25.6 Å². The van der Waals surface area contributed by atoms with Gasteiger partial charge in [0.25, 0.3) is 11.8 Å². The third kappa shape index (κ3) is 8.66. The Bertz CT molecular complexity index is 1680. The van der Waals surface area contributed by atoms with Crippen molar-refractivity contribution in [1.29, 1.82) is 0 Å². The quantitative estimate of drug-likeness (QED) is 0.185. The summed E-state index contributed by atoms with van der Waals surface area (Å²) in [6.45, 7) is 7.31. The van der Waals surface area contributed by atoms with Crippen LogP contribution in [0, 0.1) is 0 Å². The zero-order valence-corrected chi connectivity index (χ0v) is 25.5. The van der Waals surface area contributed by atoms with Crippen molar-refractivity contribution >= 4 is 34.8 Å². The highest BCUT2D eigenvalue weighted by Gasteiger charge is 2.20. The fraction of sp³-hybridized carbons (Fsp3) is 0.250. The molecule has 3 heterocycles. The first kappa shape index (κ1) is 32.2. The Hall–Kier alpha value is -5.72. The molecule has 4 rings (SSSR count). The van der Waals surface area contributed by atoms with Gasteiger partial charge in [0, 0.05) is 0 Å². The lowest BCUT2D eigenvalue weighted by Gasteiger charge is -2.16. The predicted molar refractivity (Wildman–Crippen MR) is 167 cm³/mol. The number of nitrogens with zero attached hydrogens (tertiary/aromatic N) is 3. The summed E-state index contributed by atoms with van der Waals surface area (Å²) < 4.78 is 22.0. The van der Waals surface area contributed by atoms with Crippen molar-refractivity contribution < 1.29 is 33.3 Å². The van der Waals surface area contributed by atoms with Gasteiger partial charge in [0.15, 0.2) is 5.69 Å². The first-order valence-electron chi connectivity index (χ1n) is 14.0. The van der Waals surface area contributed by atoms with Gasteiger partial charge in [-0.2, -0.15) is 0 Å². The molecule has 0 atom stereocenters. The van der Waals surface area contributed by atoms with E-state index in [1.807, 2.05) is 44.2 Å². The molecule has 0 unspecified atom stereocenters. The number of ether oxygens (including phenoxy) is 4. The number of rotatable bonds is 12. The third-order valence-electron chi connectivity index (χ3n) is 5.88. The minimum Gasteiger partial charge on any atom is -0.473 e. The number of aromatic nitrogens is 3. The van der Waals surface area contributed by atoms with Crippen molar-refractivity contribution in [2.75, 3.05) is 23.5 Å². The number of pyridine rings is 3. The van der Waals surface area contributed by atoms with Crippen molar-refractivity contribution in [2.24, 2.45) is 0 Å². The van der Waals surface area contributed by atoms with Crippen LogP contribution in [0.2, 0.25) is 0 Å². The SMILES string of the molecule is COC(=O)c1ccc(NC(=O)c2ccc(NC(=O)c3ccc(N)c(OC(C)C)n3)c(OCc3ccccc3)n2)c(OC(C)C)n1. The van der Waals surface area contributed by atoms with Crippen LogP contribution in [0.5, 0.6) is 17.6 Å². The molecule has 0 spiro atoms. The maximum Gasteiger partial charge on any atom is 0.356 e. The summed E-state index contributed by atoms with van der Waals surface area (Å²) in [5.41, 5.74) is 7.53. The largest absolute Gasteiger partial charge is 0.473 e. The predicted octanol–water partition coefficient (Wildman–Crippen LogP) is 4.90. The van der Waals surface area contributed by atoms with Crippen LogP contribution >= 0.6 is 0 Å². The lowest BCUT2D eigenvalue weighted by Crippen LogP contribution is -2.19. The summed E-state index contributed by atoms with van der Waals surface area (Å²) in [6.07, 6.45) is -0.503. The fourth-order valence-electron chi connectivity index (χ4n) is 3.83. The summed E-state index contributed by atoms with van der Waals surface area (Å²) >= 11 is 0. The molecule has 0 bridgehead atoms. The van der Waals surface area contributed by atoms with Gasteiger partial charge in [0.1, 0.15) is 29.4 Å². The second-order valence-corrected chi connectivity index (χ2v) is 10.2. The molecule has 45 heavy (non-hydrogen) atoms. The monoisotopic (exact) mass is 614 g/mol. The first-order valence-corrected chi connectivity index (χ1v) is 14.0. The number of nitrogens with two attached hydrogens (primary N) is 1. The molecule has 13 heteroatoms. The van der Waals surface area contributed by atoms with Crippen LogP contribution in [0.3, 0.4) is 0 Å². The third-order valence-corrected chi connectivity index (χ3v) is 5.88. The van der Waals surface area contributed by atoms with E-state index in [0.717, 1.165) is 5.56 Å². The Kier molecular flexibility index (Phi) is 10.5. The molecule has 0 saturated carbocycles. The average Bonchev–Trinajstić information content (AvgIpc) is 3.02. The fourth-order valence-corrected chi connectivity index (χ4v) is 3.83. The number of methoxy groups -OCH3 is 1. The molecule has 13 nitrogen and oxygen atoms in total. The molecule has 0 aliphatic rings. The minimum atomic E-state index is -0.654. The Morgan fingerprint density at radius 1 is 0.689 bits per heavy atom. The van der Waals surface area contributed by atoms with Crippen LogP contribution in [0.1, 0.15) is 64.7 Å². The Balaban J connectivity index is 1.62. The number of hydrogen-bond acceptors (Lipinski definition) is 11. The number of carbonyl (C=O) groups excluding carboxylic acids is 3. The summed E-state index contributed by atoms with van der Waals surface area (Å²) in [5.74, 6) is -1.68. The van der Waals surface area contributed by atoms with Crippen molar-refractivity contribution in [3.8, 4) is 17.6 Å². The molecular formula is C32H34N6O7. The zero-order chi connectivity index (χ0) is 32.5. The average molecular weight is 615 g/mol. The molecule has 2 amide bonds. The van der Waals surface area contributed by atoms with Gasteiger partial charge in [-0.1, -0.05) is 30.3 Å². The van der Waals surface area contributed by atoms with E-state index in [1.165, 1.54) is 43.5 Å². The molecule has 0 saturated heterocycles. The lowest BCUT2D eigenvalue weighted by atomic mass is 10.2. The standard InChI is InChI=1S/C32H34N6O7/c1-18(2)44-29-21(33)11-12-22(36-29)27(39)34-24-14-13-23(37-30(24)43-17-20-9-7-6-8-10-20)28(40)35-25-15-16-26(32(41)42-5)38-31(25)45-19(3)4/h6-16,18-19H,17,33H2,1-5H3,(H,34,39)(H,35,40). The smallest absolute Gasteiger partial charge is 0.356 e. The van der Waals surface area contributed by atoms with Crippen LogP contribution in [-0.4, -0.2) is 52.1 Å². The van der Waals surface area contributed by atoms with Crippen molar-refractivity contribution in [3.05, 3.63) is 89.4 Å². The molecule has 0 aliphatic heterocycles. The van der Waals surface area contributed by atoms with E-state index in [1.54, 1.807) is 13.8 Å². The molecule has 0 aliphatic carbocycles. The summed E-state index contributed by atoms with van der Waals surface area (Å²) in [4.78, 5) is 51.3. The van der Waals surface area contributed by atoms with Crippen LogP contribution in [0.25, 0.3) is 0 Å². The van der Waals surface area contributed by atoms with Gasteiger partial charge in [-0.3, -0.25) is 9.59 Å².